The van der Waals surface area contributed by atoms with Crippen molar-refractivity contribution >= 4 is 35.2 Å². The van der Waals surface area contributed by atoms with Gasteiger partial charge in [-0.05, 0) is 18.2 Å². The van der Waals surface area contributed by atoms with Crippen molar-refractivity contribution in [3.05, 3.63) is 46.3 Å². The summed E-state index contributed by atoms with van der Waals surface area (Å²) in [6.07, 6.45) is 4.95. The second-order valence-electron chi connectivity index (χ2n) is 2.98. The van der Waals surface area contributed by atoms with Crippen LogP contribution >= 0.6 is 23.2 Å². The van der Waals surface area contributed by atoms with Crippen molar-refractivity contribution in [2.24, 2.45) is 5.10 Å². The maximum Gasteiger partial charge on any atom is 0.165 e. The first-order chi connectivity index (χ1) is 7.75. The molecule has 0 radical (unpaired) electrons. The molecule has 2 aromatic heterocycles. The van der Waals surface area contributed by atoms with E-state index in [0.717, 1.165) is 5.69 Å². The fourth-order valence-corrected chi connectivity index (χ4v) is 1.51. The first-order valence-electron chi connectivity index (χ1n) is 4.49. The van der Waals surface area contributed by atoms with Gasteiger partial charge >= 0.3 is 0 Å². The summed E-state index contributed by atoms with van der Waals surface area (Å²) < 4.78 is 0. The number of halogens is 2. The maximum atomic E-state index is 5.90. The van der Waals surface area contributed by atoms with Crippen LogP contribution in [0.15, 0.2) is 35.7 Å². The van der Waals surface area contributed by atoms with Gasteiger partial charge in [-0.3, -0.25) is 5.43 Å². The monoisotopic (exact) mass is 254 g/mol. The van der Waals surface area contributed by atoms with Gasteiger partial charge in [0.15, 0.2) is 5.82 Å². The summed E-state index contributed by atoms with van der Waals surface area (Å²) in [5, 5.41) is 4.89. The molecule has 0 aliphatic rings. The van der Waals surface area contributed by atoms with E-state index >= 15 is 0 Å². The Morgan fingerprint density at radius 1 is 1.44 bits per heavy atom. The van der Waals surface area contributed by atoms with Crippen LogP contribution in [0.3, 0.4) is 0 Å². The van der Waals surface area contributed by atoms with Gasteiger partial charge in [-0.15, -0.1) is 0 Å². The molecule has 16 heavy (non-hydrogen) atoms. The van der Waals surface area contributed by atoms with Gasteiger partial charge in [0, 0.05) is 12.4 Å². The topological polar surface area (TPSA) is 53.1 Å². The summed E-state index contributed by atoms with van der Waals surface area (Å²) in [7, 11) is 0. The number of hydrazone groups is 1. The van der Waals surface area contributed by atoms with E-state index < -0.39 is 0 Å². The zero-order chi connectivity index (χ0) is 11.4. The number of H-pyrrole nitrogens is 1. The highest BCUT2D eigenvalue weighted by Gasteiger charge is 2.00. The van der Waals surface area contributed by atoms with Crippen molar-refractivity contribution in [3.8, 4) is 0 Å². The zero-order valence-corrected chi connectivity index (χ0v) is 9.63. The second-order valence-corrected chi connectivity index (χ2v) is 3.82. The lowest BCUT2D eigenvalue weighted by Gasteiger charge is -2.01. The maximum absolute atomic E-state index is 5.90. The molecule has 0 aromatic carbocycles. The Morgan fingerprint density at radius 3 is 3.00 bits per heavy atom. The van der Waals surface area contributed by atoms with Crippen LogP contribution in [0, 0.1) is 0 Å². The lowest BCUT2D eigenvalue weighted by atomic mass is 10.4. The molecule has 0 unspecified atom stereocenters. The SMILES string of the molecule is Clc1cnc(NN=Cc2ccc[nH]2)c(Cl)c1. The molecule has 0 saturated heterocycles. The van der Waals surface area contributed by atoms with Crippen molar-refractivity contribution in [3.63, 3.8) is 0 Å². The van der Waals surface area contributed by atoms with Crippen molar-refractivity contribution in [1.82, 2.24) is 9.97 Å². The normalized spacial score (nSPS) is 10.9. The molecule has 2 rings (SSSR count). The Labute approximate surface area is 102 Å². The number of nitrogens with one attached hydrogen (secondary N) is 2. The average molecular weight is 255 g/mol. The molecular weight excluding hydrogens is 247 g/mol. The number of rotatable bonds is 3. The average Bonchev–Trinajstić information content (AvgIpc) is 2.74. The lowest BCUT2D eigenvalue weighted by molar-refractivity contribution is 1.23. The number of nitrogens with zero attached hydrogens (tertiary/aromatic N) is 2. The lowest BCUT2D eigenvalue weighted by Crippen LogP contribution is -1.94. The molecule has 0 amide bonds. The van der Waals surface area contributed by atoms with Crippen LogP contribution in [-0.2, 0) is 0 Å². The molecule has 0 aliphatic carbocycles. The van der Waals surface area contributed by atoms with E-state index in [4.69, 9.17) is 23.2 Å². The van der Waals surface area contributed by atoms with Gasteiger partial charge in [-0.25, -0.2) is 4.98 Å². The van der Waals surface area contributed by atoms with Crippen LogP contribution in [-0.4, -0.2) is 16.2 Å². The second kappa shape index (κ2) is 5.01. The van der Waals surface area contributed by atoms with Crippen LogP contribution < -0.4 is 5.43 Å². The van der Waals surface area contributed by atoms with Crippen LogP contribution in [0.4, 0.5) is 5.82 Å². The molecule has 82 valence electrons. The van der Waals surface area contributed by atoms with Gasteiger partial charge in [0.25, 0.3) is 0 Å². The predicted octanol–water partition coefficient (Wildman–Crippen LogP) is 3.16. The summed E-state index contributed by atoms with van der Waals surface area (Å²) in [4.78, 5) is 6.98. The van der Waals surface area contributed by atoms with E-state index in [1.165, 1.54) is 6.20 Å². The predicted molar refractivity (Wildman–Crippen MR) is 66.3 cm³/mol. The van der Waals surface area contributed by atoms with E-state index in [1.807, 2.05) is 18.3 Å². The molecule has 2 aromatic rings. The van der Waals surface area contributed by atoms with Gasteiger partial charge in [0.2, 0.25) is 0 Å². The van der Waals surface area contributed by atoms with Gasteiger partial charge in [-0.1, -0.05) is 23.2 Å². The molecular formula is C10H8Cl2N4. The van der Waals surface area contributed by atoms with Gasteiger partial charge < -0.3 is 4.98 Å². The Hall–Kier alpha value is -1.52. The summed E-state index contributed by atoms with van der Waals surface area (Å²) in [5.74, 6) is 0.467. The zero-order valence-electron chi connectivity index (χ0n) is 8.11. The molecule has 0 bridgehead atoms. The summed E-state index contributed by atoms with van der Waals surface area (Å²) in [6.45, 7) is 0. The molecule has 0 aliphatic heterocycles. The van der Waals surface area contributed by atoms with Crippen LogP contribution in [0.5, 0.6) is 0 Å². The minimum atomic E-state index is 0.427. The fraction of sp³-hybridized carbons (Fsp3) is 0. The summed E-state index contributed by atoms with van der Waals surface area (Å²) in [6, 6.07) is 5.37. The van der Waals surface area contributed by atoms with E-state index in [1.54, 1.807) is 12.3 Å². The standard InChI is InChI=1S/C10H8Cl2N4/c11-7-4-9(12)10(14-5-7)16-15-6-8-2-1-3-13-8/h1-6,13H,(H,14,16). The third kappa shape index (κ3) is 2.74. The summed E-state index contributed by atoms with van der Waals surface area (Å²) in [5.41, 5.74) is 3.61. The summed E-state index contributed by atoms with van der Waals surface area (Å²) >= 11 is 11.6. The number of aromatic amines is 1. The van der Waals surface area contributed by atoms with Crippen LogP contribution in [0.1, 0.15) is 5.69 Å². The highest BCUT2D eigenvalue weighted by molar-refractivity contribution is 6.35. The number of aromatic nitrogens is 2. The molecule has 0 fully saturated rings. The van der Waals surface area contributed by atoms with E-state index in [9.17, 15) is 0 Å². The van der Waals surface area contributed by atoms with E-state index in [2.05, 4.69) is 20.5 Å². The van der Waals surface area contributed by atoms with Gasteiger partial charge in [0.1, 0.15) is 0 Å². The van der Waals surface area contributed by atoms with Crippen LogP contribution in [0.2, 0.25) is 10.0 Å². The fourth-order valence-electron chi connectivity index (χ4n) is 1.08. The quantitative estimate of drug-likeness (QED) is 0.653. The first kappa shape index (κ1) is 11.0. The highest BCUT2D eigenvalue weighted by atomic mass is 35.5. The molecule has 2 N–H and O–H groups in total. The van der Waals surface area contributed by atoms with E-state index in [0.29, 0.717) is 15.9 Å². The third-order valence-corrected chi connectivity index (χ3v) is 2.30. The molecule has 0 spiro atoms. The number of anilines is 1. The Bertz CT molecular complexity index is 494. The van der Waals surface area contributed by atoms with Gasteiger partial charge in [0.05, 0.1) is 22.0 Å². The Kier molecular flexibility index (Phi) is 3.44. The van der Waals surface area contributed by atoms with Crippen molar-refractivity contribution in [1.29, 1.82) is 0 Å². The Balaban J connectivity index is 2.05. The minimum absolute atomic E-state index is 0.427. The third-order valence-electron chi connectivity index (χ3n) is 1.80. The molecule has 6 heteroatoms. The first-order valence-corrected chi connectivity index (χ1v) is 5.25. The Morgan fingerprint density at radius 2 is 2.31 bits per heavy atom. The largest absolute Gasteiger partial charge is 0.360 e. The van der Waals surface area contributed by atoms with Crippen molar-refractivity contribution in [2.75, 3.05) is 5.43 Å². The molecule has 0 atom stereocenters. The molecule has 0 saturated carbocycles. The number of pyridine rings is 1. The van der Waals surface area contributed by atoms with Crippen molar-refractivity contribution in [2.45, 2.75) is 0 Å². The number of hydrogen-bond acceptors (Lipinski definition) is 3. The van der Waals surface area contributed by atoms with Crippen molar-refractivity contribution < 1.29 is 0 Å². The number of hydrogen-bond donors (Lipinski definition) is 2. The van der Waals surface area contributed by atoms with E-state index in [-0.39, 0.29) is 0 Å². The molecule has 4 nitrogen and oxygen atoms in total. The molecule has 2 heterocycles. The van der Waals surface area contributed by atoms with Crippen LogP contribution in [0.25, 0.3) is 0 Å². The smallest absolute Gasteiger partial charge is 0.165 e. The van der Waals surface area contributed by atoms with Gasteiger partial charge in [-0.2, -0.15) is 5.10 Å². The minimum Gasteiger partial charge on any atom is -0.360 e. The highest BCUT2D eigenvalue weighted by Crippen LogP contribution is 2.22.